The van der Waals surface area contributed by atoms with E-state index in [1.165, 1.54) is 38.5 Å². The summed E-state index contributed by atoms with van der Waals surface area (Å²) in [5, 5.41) is 0. The molecule has 0 radical (unpaired) electrons. The monoisotopic (exact) mass is 467 g/mol. The molecule has 0 aliphatic heterocycles. The van der Waals surface area contributed by atoms with Crippen molar-refractivity contribution < 1.29 is 50.4 Å². The van der Waals surface area contributed by atoms with Crippen molar-refractivity contribution in [1.29, 1.82) is 0 Å². The number of rotatable bonds is 6. The minimum atomic E-state index is -3.81. The van der Waals surface area contributed by atoms with Crippen molar-refractivity contribution in [3.05, 3.63) is 5.92 Å². The fourth-order valence-electron chi connectivity index (χ4n) is 1.23. The standard InChI is InChI=1S/C10H21.Mo.2H3O3PS/c1-4-7-8-9-10(5-2)6-3;;2*1-4(2,3)5/h4-9H2,1-3H3;;2*(H3,1,2,3,5)/q-1;;;. The van der Waals surface area contributed by atoms with Gasteiger partial charge in [-0.1, -0.05) is 40.0 Å². The summed E-state index contributed by atoms with van der Waals surface area (Å²) in [5.74, 6) is 1.74. The summed E-state index contributed by atoms with van der Waals surface area (Å²) in [6, 6.07) is 0. The minimum absolute atomic E-state index is 0. The van der Waals surface area contributed by atoms with Crippen LogP contribution in [0.25, 0.3) is 0 Å². The molecule has 0 spiro atoms. The fourth-order valence-corrected chi connectivity index (χ4v) is 1.23. The second-order valence-corrected chi connectivity index (χ2v) is 8.93. The van der Waals surface area contributed by atoms with Crippen molar-refractivity contribution in [2.75, 3.05) is 0 Å². The summed E-state index contributed by atoms with van der Waals surface area (Å²) in [6.45, 7) is -0.812. The Morgan fingerprint density at radius 3 is 1.24 bits per heavy atom. The first-order chi connectivity index (χ1) is 8.85. The molecule has 0 amide bonds. The van der Waals surface area contributed by atoms with Crippen LogP contribution in [0.1, 0.15) is 59.3 Å². The third-order valence-corrected chi connectivity index (χ3v) is 2.13. The average Bonchev–Trinajstić information content (AvgIpc) is 2.20. The van der Waals surface area contributed by atoms with Crippen molar-refractivity contribution >= 4 is 37.1 Å². The van der Waals surface area contributed by atoms with Crippen LogP contribution >= 0.6 is 13.4 Å². The van der Waals surface area contributed by atoms with E-state index in [9.17, 15) is 0 Å². The van der Waals surface area contributed by atoms with E-state index >= 15 is 0 Å². The molecule has 0 saturated carbocycles. The number of hydrogen-bond donors (Lipinski definition) is 6. The first-order valence-electron chi connectivity index (χ1n) is 6.25. The quantitative estimate of drug-likeness (QED) is 0.153. The maximum atomic E-state index is 7.56. The Labute approximate surface area is 152 Å². The summed E-state index contributed by atoms with van der Waals surface area (Å²) in [6.07, 6.45) is 8.12. The molecule has 0 aliphatic rings. The van der Waals surface area contributed by atoms with E-state index in [0.717, 1.165) is 0 Å². The topological polar surface area (TPSA) is 121 Å². The molecule has 0 rings (SSSR count). The van der Waals surface area contributed by atoms with Gasteiger partial charge in [0, 0.05) is 21.1 Å². The van der Waals surface area contributed by atoms with Crippen molar-refractivity contribution in [1.82, 2.24) is 0 Å². The van der Waals surface area contributed by atoms with Gasteiger partial charge in [0.25, 0.3) is 0 Å². The Hall–Kier alpha value is 1.75. The predicted molar refractivity (Wildman–Crippen MR) is 89.8 cm³/mol. The van der Waals surface area contributed by atoms with Gasteiger partial charge < -0.3 is 35.3 Å². The van der Waals surface area contributed by atoms with E-state index in [0.29, 0.717) is 0 Å². The summed E-state index contributed by atoms with van der Waals surface area (Å²) in [5.41, 5.74) is 0. The Kier molecular flexibility index (Phi) is 26.4. The molecule has 0 fully saturated rings. The zero-order valence-electron chi connectivity index (χ0n) is 12.5. The molecule has 0 atom stereocenters. The first kappa shape index (κ1) is 30.6. The van der Waals surface area contributed by atoms with Crippen LogP contribution in [-0.4, -0.2) is 29.4 Å². The van der Waals surface area contributed by atoms with Crippen LogP contribution in [0.4, 0.5) is 0 Å². The molecule has 0 saturated heterocycles. The molecule has 21 heavy (non-hydrogen) atoms. The van der Waals surface area contributed by atoms with Crippen LogP contribution in [0.3, 0.4) is 0 Å². The SMILES string of the molecule is CCCCC[C-](CC)CC.OP(O)(O)=S.OP(O)(O)=S.[Mo]. The molecule has 0 unspecified atom stereocenters. The number of hydrogen-bond acceptors (Lipinski definition) is 2. The molecule has 0 aliphatic carbocycles. The maximum Gasteiger partial charge on any atom is 0.319 e. The molecular weight excluding hydrogens is 438 g/mol. The Bertz CT molecular complexity index is 257. The summed E-state index contributed by atoms with van der Waals surface area (Å²) in [4.78, 5) is 45.3. The molecule has 0 aromatic rings. The Morgan fingerprint density at radius 2 is 1.05 bits per heavy atom. The van der Waals surface area contributed by atoms with Gasteiger partial charge in [0.1, 0.15) is 0 Å². The van der Waals surface area contributed by atoms with Crippen LogP contribution < -0.4 is 0 Å². The molecule has 0 aromatic heterocycles. The third kappa shape index (κ3) is 73.4. The smallest absolute Gasteiger partial charge is 0.319 e. The van der Waals surface area contributed by atoms with Gasteiger partial charge in [-0.25, -0.2) is 0 Å². The van der Waals surface area contributed by atoms with E-state index in [4.69, 9.17) is 29.4 Å². The Balaban J connectivity index is -0.000000112. The molecule has 6 N–H and O–H groups in total. The van der Waals surface area contributed by atoms with Crippen LogP contribution in [0.15, 0.2) is 0 Å². The summed E-state index contributed by atoms with van der Waals surface area (Å²) < 4.78 is 0. The zero-order chi connectivity index (χ0) is 16.8. The normalized spacial score (nSPS) is 10.8. The van der Waals surface area contributed by atoms with Crippen LogP contribution in [0, 0.1) is 5.92 Å². The summed E-state index contributed by atoms with van der Waals surface area (Å²) in [7, 11) is 0. The molecule has 0 aromatic carbocycles. The van der Waals surface area contributed by atoms with Crippen molar-refractivity contribution in [2.24, 2.45) is 0 Å². The van der Waals surface area contributed by atoms with Gasteiger partial charge in [-0.05, 0) is 23.6 Å². The van der Waals surface area contributed by atoms with Crippen LogP contribution in [-0.2, 0) is 44.7 Å². The third-order valence-electron chi connectivity index (χ3n) is 2.13. The van der Waals surface area contributed by atoms with Gasteiger partial charge in [-0.3, -0.25) is 0 Å². The van der Waals surface area contributed by atoms with Crippen LogP contribution in [0.2, 0.25) is 0 Å². The molecule has 0 heterocycles. The van der Waals surface area contributed by atoms with Gasteiger partial charge in [-0.15, -0.1) is 0 Å². The molecule has 11 heteroatoms. The van der Waals surface area contributed by atoms with Crippen molar-refractivity contribution in [3.8, 4) is 0 Å². The second kappa shape index (κ2) is 18.1. The Morgan fingerprint density at radius 1 is 0.762 bits per heavy atom. The van der Waals surface area contributed by atoms with E-state index in [2.05, 4.69) is 44.4 Å². The van der Waals surface area contributed by atoms with Crippen molar-refractivity contribution in [3.63, 3.8) is 0 Å². The zero-order valence-corrected chi connectivity index (χ0v) is 18.0. The van der Waals surface area contributed by atoms with Gasteiger partial charge in [0.2, 0.25) is 0 Å². The number of unbranched alkanes of at least 4 members (excludes halogenated alkanes) is 2. The van der Waals surface area contributed by atoms with Gasteiger partial charge in [-0.2, -0.15) is 19.3 Å². The summed E-state index contributed by atoms with van der Waals surface area (Å²) >= 11 is 7.21. The average molecular weight is 465 g/mol. The largest absolute Gasteiger partial charge is 0.325 e. The van der Waals surface area contributed by atoms with Gasteiger partial charge in [0.15, 0.2) is 0 Å². The van der Waals surface area contributed by atoms with E-state index in [-0.39, 0.29) is 21.1 Å². The van der Waals surface area contributed by atoms with Crippen LogP contribution in [0.5, 0.6) is 0 Å². The van der Waals surface area contributed by atoms with E-state index in [1.54, 1.807) is 5.92 Å². The van der Waals surface area contributed by atoms with E-state index in [1.807, 2.05) is 0 Å². The molecule has 6 nitrogen and oxygen atoms in total. The first-order valence-corrected chi connectivity index (χ1v) is 11.6. The van der Waals surface area contributed by atoms with E-state index < -0.39 is 13.4 Å². The van der Waals surface area contributed by atoms with Gasteiger partial charge >= 0.3 is 13.4 Å². The molecular formula is C10H27MoO6P2S2-. The van der Waals surface area contributed by atoms with Crippen molar-refractivity contribution in [2.45, 2.75) is 59.3 Å². The van der Waals surface area contributed by atoms with Gasteiger partial charge in [0.05, 0.1) is 0 Å². The fraction of sp³-hybridized carbons (Fsp3) is 0.900. The maximum absolute atomic E-state index is 7.56. The molecule has 132 valence electrons. The second-order valence-electron chi connectivity index (χ2n) is 3.94. The molecule has 0 bridgehead atoms. The predicted octanol–water partition coefficient (Wildman–Crippen LogP) is 2.33. The minimum Gasteiger partial charge on any atom is -0.325 e.